The molecule has 1 aromatic carbocycles. The molecule has 19 heavy (non-hydrogen) atoms. The van der Waals surface area contributed by atoms with Crippen LogP contribution in [0.5, 0.6) is 0 Å². The van der Waals surface area contributed by atoms with Crippen LogP contribution in [0.15, 0.2) is 23.1 Å². The number of benzene rings is 1. The molecule has 0 radical (unpaired) electrons. The Morgan fingerprint density at radius 3 is 2.37 bits per heavy atom. The SMILES string of the molecule is CC(C)c1ccc(Cl)c(S(=O)(=O)N[C@@H](C)CN)c1.Cl. The minimum atomic E-state index is -3.62. The molecule has 0 saturated heterocycles. The van der Waals surface area contributed by atoms with Crippen molar-refractivity contribution in [2.24, 2.45) is 5.73 Å². The minimum Gasteiger partial charge on any atom is -0.329 e. The summed E-state index contributed by atoms with van der Waals surface area (Å²) >= 11 is 5.96. The first-order valence-corrected chi connectivity index (χ1v) is 7.66. The number of rotatable bonds is 5. The normalized spacial score (nSPS) is 13.2. The molecule has 0 aliphatic heterocycles. The van der Waals surface area contributed by atoms with Crippen LogP contribution in [0.3, 0.4) is 0 Å². The summed E-state index contributed by atoms with van der Waals surface area (Å²) in [6.07, 6.45) is 0. The summed E-state index contributed by atoms with van der Waals surface area (Å²) in [5, 5.41) is 0.219. The number of halogens is 2. The molecule has 1 rings (SSSR count). The predicted molar refractivity (Wildman–Crippen MR) is 81.6 cm³/mol. The van der Waals surface area contributed by atoms with E-state index in [1.807, 2.05) is 19.9 Å². The van der Waals surface area contributed by atoms with E-state index in [4.69, 9.17) is 17.3 Å². The highest BCUT2D eigenvalue weighted by Gasteiger charge is 2.20. The third-order valence-corrected chi connectivity index (χ3v) is 4.69. The van der Waals surface area contributed by atoms with Crippen molar-refractivity contribution < 1.29 is 8.42 Å². The van der Waals surface area contributed by atoms with E-state index in [0.29, 0.717) is 0 Å². The molecule has 4 nitrogen and oxygen atoms in total. The summed E-state index contributed by atoms with van der Waals surface area (Å²) in [6, 6.07) is 4.73. The zero-order valence-electron chi connectivity index (χ0n) is 11.2. The second-order valence-electron chi connectivity index (χ2n) is 4.60. The molecule has 0 aromatic heterocycles. The maximum absolute atomic E-state index is 12.1. The summed E-state index contributed by atoms with van der Waals surface area (Å²) in [5.74, 6) is 0.239. The first-order valence-electron chi connectivity index (χ1n) is 5.79. The molecule has 0 bridgehead atoms. The third kappa shape index (κ3) is 4.93. The van der Waals surface area contributed by atoms with Gasteiger partial charge in [0.25, 0.3) is 0 Å². The molecule has 0 aliphatic rings. The van der Waals surface area contributed by atoms with E-state index >= 15 is 0 Å². The Hall–Kier alpha value is -0.330. The lowest BCUT2D eigenvalue weighted by Gasteiger charge is -2.14. The zero-order chi connectivity index (χ0) is 13.9. The van der Waals surface area contributed by atoms with Crippen molar-refractivity contribution in [2.45, 2.75) is 37.6 Å². The summed E-state index contributed by atoms with van der Waals surface area (Å²) in [5.41, 5.74) is 6.34. The molecule has 7 heteroatoms. The van der Waals surface area contributed by atoms with Gasteiger partial charge in [0.15, 0.2) is 0 Å². The lowest BCUT2D eigenvalue weighted by molar-refractivity contribution is 0.562. The molecular weight excluding hydrogens is 307 g/mol. The Morgan fingerprint density at radius 1 is 1.32 bits per heavy atom. The highest BCUT2D eigenvalue weighted by Crippen LogP contribution is 2.26. The average Bonchev–Trinajstić information content (AvgIpc) is 2.28. The van der Waals surface area contributed by atoms with Crippen LogP contribution in [0, 0.1) is 0 Å². The van der Waals surface area contributed by atoms with Crippen LogP contribution in [0.4, 0.5) is 0 Å². The standard InChI is InChI=1S/C12H19ClN2O2S.ClH/c1-8(2)10-4-5-11(13)12(6-10)18(16,17)15-9(3)7-14;/h4-6,8-9,15H,7,14H2,1-3H3;1H/t9-;/m0./s1. The van der Waals surface area contributed by atoms with Crippen LogP contribution in [-0.2, 0) is 10.0 Å². The fourth-order valence-electron chi connectivity index (χ4n) is 1.46. The fraction of sp³-hybridized carbons (Fsp3) is 0.500. The molecule has 0 aliphatic carbocycles. The Balaban J connectivity index is 0.00000324. The molecule has 110 valence electrons. The monoisotopic (exact) mass is 326 g/mol. The van der Waals surface area contributed by atoms with Crippen molar-refractivity contribution in [1.29, 1.82) is 0 Å². The number of nitrogens with two attached hydrogens (primary N) is 1. The molecule has 1 atom stereocenters. The van der Waals surface area contributed by atoms with E-state index in [0.717, 1.165) is 5.56 Å². The van der Waals surface area contributed by atoms with Gasteiger partial charge in [-0.05, 0) is 30.5 Å². The van der Waals surface area contributed by atoms with Crippen LogP contribution in [0.25, 0.3) is 0 Å². The van der Waals surface area contributed by atoms with Crippen LogP contribution >= 0.6 is 24.0 Å². The Kier molecular flexibility index (Phi) is 7.32. The smallest absolute Gasteiger partial charge is 0.242 e. The van der Waals surface area contributed by atoms with Crippen molar-refractivity contribution in [3.63, 3.8) is 0 Å². The van der Waals surface area contributed by atoms with Crippen molar-refractivity contribution in [3.05, 3.63) is 28.8 Å². The van der Waals surface area contributed by atoms with Crippen LogP contribution < -0.4 is 10.5 Å². The summed E-state index contributed by atoms with van der Waals surface area (Å²) in [4.78, 5) is 0.107. The lowest BCUT2D eigenvalue weighted by atomic mass is 10.0. The van der Waals surface area contributed by atoms with Gasteiger partial charge in [0.2, 0.25) is 10.0 Å². The van der Waals surface area contributed by atoms with Crippen LogP contribution in [0.1, 0.15) is 32.3 Å². The van der Waals surface area contributed by atoms with Gasteiger partial charge in [0, 0.05) is 12.6 Å². The maximum atomic E-state index is 12.1. The van der Waals surface area contributed by atoms with Gasteiger partial charge in [0.05, 0.1) is 5.02 Å². The highest BCUT2D eigenvalue weighted by atomic mass is 35.5. The van der Waals surface area contributed by atoms with Gasteiger partial charge < -0.3 is 5.73 Å². The molecule has 0 spiro atoms. The molecular formula is C12H20Cl2N2O2S. The first kappa shape index (κ1) is 18.7. The van der Waals surface area contributed by atoms with Crippen molar-refractivity contribution in [2.75, 3.05) is 6.54 Å². The average molecular weight is 327 g/mol. The van der Waals surface area contributed by atoms with E-state index in [-0.39, 0.29) is 40.8 Å². The van der Waals surface area contributed by atoms with Gasteiger partial charge in [0.1, 0.15) is 4.90 Å². The second kappa shape index (κ2) is 7.45. The Bertz CT molecular complexity index is 518. The number of sulfonamides is 1. The number of hydrogen-bond donors (Lipinski definition) is 2. The summed E-state index contributed by atoms with van der Waals surface area (Å²) in [7, 11) is -3.62. The van der Waals surface area contributed by atoms with Crippen molar-refractivity contribution in [3.8, 4) is 0 Å². The molecule has 0 amide bonds. The fourth-order valence-corrected chi connectivity index (χ4v) is 3.25. The van der Waals surface area contributed by atoms with Gasteiger partial charge in [-0.1, -0.05) is 31.5 Å². The third-order valence-electron chi connectivity index (χ3n) is 2.62. The zero-order valence-corrected chi connectivity index (χ0v) is 13.6. The summed E-state index contributed by atoms with van der Waals surface area (Å²) < 4.78 is 26.8. The molecule has 0 saturated carbocycles. The first-order chi connectivity index (χ1) is 8.27. The van der Waals surface area contributed by atoms with Gasteiger partial charge in [-0.2, -0.15) is 0 Å². The molecule has 3 N–H and O–H groups in total. The highest BCUT2D eigenvalue weighted by molar-refractivity contribution is 7.89. The van der Waals surface area contributed by atoms with Crippen molar-refractivity contribution in [1.82, 2.24) is 4.72 Å². The summed E-state index contributed by atoms with van der Waals surface area (Å²) in [6.45, 7) is 5.93. The van der Waals surface area contributed by atoms with Gasteiger partial charge >= 0.3 is 0 Å². The maximum Gasteiger partial charge on any atom is 0.242 e. The van der Waals surface area contributed by atoms with Gasteiger partial charge in [-0.3, -0.25) is 0 Å². The largest absolute Gasteiger partial charge is 0.329 e. The number of nitrogens with one attached hydrogen (secondary N) is 1. The van der Waals surface area contributed by atoms with Crippen LogP contribution in [-0.4, -0.2) is 21.0 Å². The van der Waals surface area contributed by atoms with E-state index in [1.54, 1.807) is 19.1 Å². The molecule has 0 heterocycles. The van der Waals surface area contributed by atoms with Gasteiger partial charge in [-0.15, -0.1) is 12.4 Å². The molecule has 0 unspecified atom stereocenters. The van der Waals surface area contributed by atoms with Gasteiger partial charge in [-0.25, -0.2) is 13.1 Å². The van der Waals surface area contributed by atoms with E-state index in [1.165, 1.54) is 0 Å². The number of hydrogen-bond acceptors (Lipinski definition) is 3. The molecule has 1 aromatic rings. The van der Waals surface area contributed by atoms with E-state index in [9.17, 15) is 8.42 Å². The second-order valence-corrected chi connectivity index (χ2v) is 6.69. The van der Waals surface area contributed by atoms with E-state index < -0.39 is 10.0 Å². The van der Waals surface area contributed by atoms with E-state index in [2.05, 4.69) is 4.72 Å². The lowest BCUT2D eigenvalue weighted by Crippen LogP contribution is -2.37. The topological polar surface area (TPSA) is 72.2 Å². The predicted octanol–water partition coefficient (Wildman–Crippen LogP) is 2.51. The van der Waals surface area contributed by atoms with Crippen LogP contribution in [0.2, 0.25) is 5.02 Å². The molecule has 0 fully saturated rings. The van der Waals surface area contributed by atoms with Crippen molar-refractivity contribution >= 4 is 34.0 Å². The quantitative estimate of drug-likeness (QED) is 0.873. The minimum absolute atomic E-state index is 0. The Labute approximate surface area is 126 Å². The Morgan fingerprint density at radius 2 is 1.89 bits per heavy atom.